The molecule has 1 aliphatic heterocycles. The standard InChI is InChI=1S/C5H9NO2/c7-4-1-2-5(8)6-3-4/h4,7H,1-3H2,(H,6,8)/t4-/m0/s1. The van der Waals surface area contributed by atoms with Crippen LogP contribution in [-0.2, 0) is 4.79 Å². The molecule has 1 rings (SSSR count). The number of hydrogen-bond acceptors (Lipinski definition) is 2. The highest BCUT2D eigenvalue weighted by atomic mass is 16.3. The summed E-state index contributed by atoms with van der Waals surface area (Å²) in [6.07, 6.45) is 0.778. The second-order valence-electron chi connectivity index (χ2n) is 2.00. The van der Waals surface area contributed by atoms with Crippen molar-refractivity contribution in [2.24, 2.45) is 0 Å². The van der Waals surface area contributed by atoms with Gasteiger partial charge in [-0.3, -0.25) is 4.79 Å². The van der Waals surface area contributed by atoms with Crippen LogP contribution in [0.25, 0.3) is 0 Å². The van der Waals surface area contributed by atoms with Gasteiger partial charge in [0.2, 0.25) is 5.91 Å². The van der Waals surface area contributed by atoms with E-state index in [2.05, 4.69) is 5.32 Å². The quantitative estimate of drug-likeness (QED) is 0.436. The zero-order valence-corrected chi connectivity index (χ0v) is 4.55. The van der Waals surface area contributed by atoms with Crippen molar-refractivity contribution < 1.29 is 9.90 Å². The molecule has 2 N–H and O–H groups in total. The molecular weight excluding hydrogens is 106 g/mol. The topological polar surface area (TPSA) is 49.3 Å². The number of carbonyl (C=O) groups excluding carboxylic acids is 1. The number of aliphatic hydroxyl groups is 1. The van der Waals surface area contributed by atoms with E-state index in [9.17, 15) is 4.79 Å². The Balaban J connectivity index is 2.29. The molecule has 0 radical (unpaired) electrons. The molecule has 1 heterocycles. The van der Waals surface area contributed by atoms with Gasteiger partial charge >= 0.3 is 0 Å². The fourth-order valence-electron chi connectivity index (χ4n) is 0.720. The van der Waals surface area contributed by atoms with Crippen LogP contribution >= 0.6 is 0 Å². The molecule has 1 aliphatic rings. The Morgan fingerprint density at radius 2 is 2.50 bits per heavy atom. The van der Waals surface area contributed by atoms with Gasteiger partial charge in [0.1, 0.15) is 0 Å². The first-order valence-corrected chi connectivity index (χ1v) is 2.74. The first-order chi connectivity index (χ1) is 3.79. The molecule has 0 spiro atoms. The summed E-state index contributed by atoms with van der Waals surface area (Å²) in [5.41, 5.74) is 0. The van der Waals surface area contributed by atoms with E-state index < -0.39 is 0 Å². The van der Waals surface area contributed by atoms with Crippen molar-refractivity contribution in [3.05, 3.63) is 0 Å². The van der Waals surface area contributed by atoms with Gasteiger partial charge in [-0.2, -0.15) is 0 Å². The lowest BCUT2D eigenvalue weighted by Gasteiger charge is -2.16. The highest BCUT2D eigenvalue weighted by molar-refractivity contribution is 5.76. The number of amides is 1. The normalized spacial score (nSPS) is 29.6. The van der Waals surface area contributed by atoms with E-state index in [0.29, 0.717) is 19.4 Å². The summed E-state index contributed by atoms with van der Waals surface area (Å²) >= 11 is 0. The van der Waals surface area contributed by atoms with Crippen molar-refractivity contribution in [3.63, 3.8) is 0 Å². The van der Waals surface area contributed by atoms with E-state index in [0.717, 1.165) is 0 Å². The summed E-state index contributed by atoms with van der Waals surface area (Å²) in [6, 6.07) is 0. The molecular formula is C5H9NO2. The summed E-state index contributed by atoms with van der Waals surface area (Å²) in [6.45, 7) is 0.429. The molecule has 1 saturated heterocycles. The molecule has 3 nitrogen and oxygen atoms in total. The van der Waals surface area contributed by atoms with Gasteiger partial charge in [0.25, 0.3) is 0 Å². The summed E-state index contributed by atoms with van der Waals surface area (Å²) < 4.78 is 0. The molecule has 0 aromatic rings. The van der Waals surface area contributed by atoms with Crippen molar-refractivity contribution in [2.75, 3.05) is 6.54 Å². The Labute approximate surface area is 47.7 Å². The minimum atomic E-state index is -0.312. The van der Waals surface area contributed by atoms with Crippen LogP contribution in [0, 0.1) is 0 Å². The summed E-state index contributed by atoms with van der Waals surface area (Å²) in [5, 5.41) is 11.4. The fourth-order valence-corrected chi connectivity index (χ4v) is 0.720. The SMILES string of the molecule is O=C1CC[C@H](O)CN1. The number of piperidine rings is 1. The molecule has 0 saturated carbocycles. The Morgan fingerprint density at radius 3 is 2.88 bits per heavy atom. The second-order valence-corrected chi connectivity index (χ2v) is 2.00. The van der Waals surface area contributed by atoms with Gasteiger partial charge in [-0.15, -0.1) is 0 Å². The van der Waals surface area contributed by atoms with Crippen LogP contribution in [0.15, 0.2) is 0 Å². The number of aliphatic hydroxyl groups excluding tert-OH is 1. The summed E-state index contributed by atoms with van der Waals surface area (Å²) in [4.78, 5) is 10.4. The summed E-state index contributed by atoms with van der Waals surface area (Å²) in [5.74, 6) is 0.0512. The molecule has 0 unspecified atom stereocenters. The van der Waals surface area contributed by atoms with Crippen LogP contribution in [0.3, 0.4) is 0 Å². The number of rotatable bonds is 0. The Hall–Kier alpha value is -0.570. The number of hydrogen-bond donors (Lipinski definition) is 2. The zero-order valence-electron chi connectivity index (χ0n) is 4.55. The van der Waals surface area contributed by atoms with Crippen LogP contribution in [0.2, 0.25) is 0 Å². The van der Waals surface area contributed by atoms with Crippen molar-refractivity contribution in [1.29, 1.82) is 0 Å². The molecule has 0 aromatic heterocycles. The number of nitrogens with one attached hydrogen (secondary N) is 1. The second kappa shape index (κ2) is 2.13. The highest BCUT2D eigenvalue weighted by Crippen LogP contribution is 2.00. The maximum atomic E-state index is 10.4. The maximum absolute atomic E-state index is 10.4. The van der Waals surface area contributed by atoms with Crippen LogP contribution in [0.1, 0.15) is 12.8 Å². The Kier molecular flexibility index (Phi) is 1.48. The minimum absolute atomic E-state index is 0.0512. The Morgan fingerprint density at radius 1 is 1.75 bits per heavy atom. The average Bonchev–Trinajstić information content (AvgIpc) is 1.77. The van der Waals surface area contributed by atoms with Gasteiger partial charge in [-0.05, 0) is 6.42 Å². The van der Waals surface area contributed by atoms with E-state index in [1.54, 1.807) is 0 Å². The van der Waals surface area contributed by atoms with Crippen molar-refractivity contribution in [2.45, 2.75) is 18.9 Å². The highest BCUT2D eigenvalue weighted by Gasteiger charge is 2.13. The molecule has 0 bridgehead atoms. The Bertz CT molecular complexity index is 92.6. The molecule has 3 heteroatoms. The largest absolute Gasteiger partial charge is 0.391 e. The molecule has 1 amide bonds. The van der Waals surface area contributed by atoms with Gasteiger partial charge in [0.15, 0.2) is 0 Å². The van der Waals surface area contributed by atoms with Crippen LogP contribution in [0.5, 0.6) is 0 Å². The lowest BCUT2D eigenvalue weighted by molar-refractivity contribution is -0.123. The fraction of sp³-hybridized carbons (Fsp3) is 0.800. The van der Waals surface area contributed by atoms with Gasteiger partial charge in [-0.25, -0.2) is 0 Å². The third-order valence-corrected chi connectivity index (χ3v) is 1.24. The monoisotopic (exact) mass is 115 g/mol. The van der Waals surface area contributed by atoms with Crippen LogP contribution < -0.4 is 5.32 Å². The van der Waals surface area contributed by atoms with Gasteiger partial charge in [0.05, 0.1) is 6.10 Å². The average molecular weight is 115 g/mol. The smallest absolute Gasteiger partial charge is 0.220 e. The third-order valence-electron chi connectivity index (χ3n) is 1.24. The van der Waals surface area contributed by atoms with E-state index in [-0.39, 0.29) is 12.0 Å². The molecule has 8 heavy (non-hydrogen) atoms. The molecule has 0 aromatic carbocycles. The predicted octanol–water partition coefficient (Wildman–Crippen LogP) is -0.743. The van der Waals surface area contributed by atoms with Gasteiger partial charge < -0.3 is 10.4 Å². The number of carbonyl (C=O) groups is 1. The number of β-amino-alcohol motifs (C(OH)–C–C–N with tert-alkyl or cyclic N) is 1. The van der Waals surface area contributed by atoms with E-state index in [1.165, 1.54) is 0 Å². The third kappa shape index (κ3) is 1.20. The lowest BCUT2D eigenvalue weighted by atomic mass is 10.1. The van der Waals surface area contributed by atoms with Crippen LogP contribution in [-0.4, -0.2) is 23.7 Å². The van der Waals surface area contributed by atoms with E-state index in [1.807, 2.05) is 0 Å². The zero-order chi connectivity index (χ0) is 5.98. The molecule has 0 aliphatic carbocycles. The van der Waals surface area contributed by atoms with Gasteiger partial charge in [-0.1, -0.05) is 0 Å². The maximum Gasteiger partial charge on any atom is 0.220 e. The van der Waals surface area contributed by atoms with E-state index >= 15 is 0 Å². The first-order valence-electron chi connectivity index (χ1n) is 2.74. The van der Waals surface area contributed by atoms with Gasteiger partial charge in [0, 0.05) is 13.0 Å². The lowest BCUT2D eigenvalue weighted by Crippen LogP contribution is -2.37. The van der Waals surface area contributed by atoms with Crippen molar-refractivity contribution in [3.8, 4) is 0 Å². The van der Waals surface area contributed by atoms with Crippen LogP contribution in [0.4, 0.5) is 0 Å². The predicted molar refractivity (Wildman–Crippen MR) is 28.3 cm³/mol. The molecule has 46 valence electrons. The first kappa shape index (κ1) is 5.56. The summed E-state index contributed by atoms with van der Waals surface area (Å²) in [7, 11) is 0. The molecule has 1 atom stereocenters. The van der Waals surface area contributed by atoms with Crippen molar-refractivity contribution >= 4 is 5.91 Å². The molecule has 1 fully saturated rings. The van der Waals surface area contributed by atoms with E-state index in [4.69, 9.17) is 5.11 Å². The van der Waals surface area contributed by atoms with Crippen molar-refractivity contribution in [1.82, 2.24) is 5.32 Å². The minimum Gasteiger partial charge on any atom is -0.391 e.